The highest BCUT2D eigenvalue weighted by Crippen LogP contribution is 1.85. The molecule has 2 atom stereocenters. The van der Waals surface area contributed by atoms with Crippen molar-refractivity contribution in [3.05, 3.63) is 0 Å². The van der Waals surface area contributed by atoms with Gasteiger partial charge in [0.2, 0.25) is 0 Å². The van der Waals surface area contributed by atoms with Crippen molar-refractivity contribution in [3.63, 3.8) is 0 Å². The summed E-state index contributed by atoms with van der Waals surface area (Å²) >= 11 is 0. The van der Waals surface area contributed by atoms with Crippen LogP contribution in [0.2, 0.25) is 0 Å². The van der Waals surface area contributed by atoms with Gasteiger partial charge in [0.1, 0.15) is 6.23 Å². The first-order valence-corrected chi connectivity index (χ1v) is 4.29. The fourth-order valence-corrected chi connectivity index (χ4v) is 0.975. The first-order valence-electron chi connectivity index (χ1n) is 4.29. The molecule has 0 rings (SSSR count). The van der Waals surface area contributed by atoms with Crippen LogP contribution < -0.4 is 5.32 Å². The maximum absolute atomic E-state index is 9.38. The molecule has 0 radical (unpaired) electrons. The standard InChI is InChI=1S/C8H20N2O3/c1-10(2)5-7(11)4-9-8(12)6-13-3/h7-9,11-12H,4-6H2,1-3H3/t7-,8?/m1/s1. The lowest BCUT2D eigenvalue weighted by Crippen LogP contribution is -2.41. The van der Waals surface area contributed by atoms with Crippen molar-refractivity contribution >= 4 is 0 Å². The van der Waals surface area contributed by atoms with E-state index in [2.05, 4.69) is 5.32 Å². The van der Waals surface area contributed by atoms with E-state index in [1.54, 1.807) is 0 Å². The highest BCUT2D eigenvalue weighted by atomic mass is 16.5. The SMILES string of the molecule is COCC(O)NC[C@@H](O)CN(C)C. The van der Waals surface area contributed by atoms with Gasteiger partial charge in [0.05, 0.1) is 12.7 Å². The number of aliphatic hydroxyl groups is 2. The molecule has 0 aromatic heterocycles. The Bertz CT molecular complexity index is 122. The fraction of sp³-hybridized carbons (Fsp3) is 1.00. The van der Waals surface area contributed by atoms with E-state index >= 15 is 0 Å². The molecule has 0 aliphatic carbocycles. The van der Waals surface area contributed by atoms with Crippen molar-refractivity contribution in [2.24, 2.45) is 0 Å². The molecule has 0 aromatic carbocycles. The smallest absolute Gasteiger partial charge is 0.128 e. The Morgan fingerprint density at radius 2 is 2.00 bits per heavy atom. The van der Waals surface area contributed by atoms with Crippen molar-refractivity contribution in [1.29, 1.82) is 0 Å². The first kappa shape index (κ1) is 12.8. The van der Waals surface area contributed by atoms with E-state index in [4.69, 9.17) is 4.74 Å². The zero-order valence-corrected chi connectivity index (χ0v) is 8.53. The molecule has 3 N–H and O–H groups in total. The molecular weight excluding hydrogens is 172 g/mol. The van der Waals surface area contributed by atoms with Crippen molar-refractivity contribution in [2.45, 2.75) is 12.3 Å². The largest absolute Gasteiger partial charge is 0.390 e. The number of nitrogens with one attached hydrogen (secondary N) is 1. The Morgan fingerprint density at radius 3 is 2.46 bits per heavy atom. The number of aliphatic hydroxyl groups excluding tert-OH is 2. The molecule has 0 spiro atoms. The van der Waals surface area contributed by atoms with Gasteiger partial charge in [0.25, 0.3) is 0 Å². The van der Waals surface area contributed by atoms with Gasteiger partial charge in [-0.1, -0.05) is 0 Å². The van der Waals surface area contributed by atoms with Crippen LogP contribution in [-0.2, 0) is 4.74 Å². The van der Waals surface area contributed by atoms with E-state index in [0.29, 0.717) is 13.1 Å². The molecule has 0 saturated heterocycles. The van der Waals surface area contributed by atoms with E-state index < -0.39 is 12.3 Å². The minimum Gasteiger partial charge on any atom is -0.390 e. The number of nitrogens with zero attached hydrogens (tertiary/aromatic N) is 1. The average Bonchev–Trinajstić information content (AvgIpc) is 2.00. The Hall–Kier alpha value is -0.200. The third-order valence-corrected chi connectivity index (χ3v) is 1.49. The van der Waals surface area contributed by atoms with Crippen LogP contribution in [0.15, 0.2) is 0 Å². The summed E-state index contributed by atoms with van der Waals surface area (Å²) in [6, 6.07) is 0. The van der Waals surface area contributed by atoms with Gasteiger partial charge in [0, 0.05) is 20.2 Å². The zero-order valence-electron chi connectivity index (χ0n) is 8.53. The summed E-state index contributed by atoms with van der Waals surface area (Å²) in [4.78, 5) is 1.88. The number of hydrogen-bond acceptors (Lipinski definition) is 5. The number of likely N-dealkylation sites (N-methyl/N-ethyl adjacent to an activating group) is 1. The molecule has 1 unspecified atom stereocenters. The van der Waals surface area contributed by atoms with Gasteiger partial charge in [-0.3, -0.25) is 5.32 Å². The van der Waals surface area contributed by atoms with E-state index in [9.17, 15) is 10.2 Å². The van der Waals surface area contributed by atoms with Crippen LogP contribution in [0.3, 0.4) is 0 Å². The zero-order chi connectivity index (χ0) is 10.3. The summed E-state index contributed by atoms with van der Waals surface area (Å²) in [6.07, 6.45) is -1.18. The lowest BCUT2D eigenvalue weighted by atomic mass is 10.3. The van der Waals surface area contributed by atoms with Crippen molar-refractivity contribution in [1.82, 2.24) is 10.2 Å². The van der Waals surface area contributed by atoms with Crippen LogP contribution >= 0.6 is 0 Å². The molecule has 0 amide bonds. The Morgan fingerprint density at radius 1 is 1.38 bits per heavy atom. The molecule has 0 aliphatic rings. The highest BCUT2D eigenvalue weighted by molar-refractivity contribution is 4.63. The van der Waals surface area contributed by atoms with Gasteiger partial charge in [-0.2, -0.15) is 0 Å². The molecule has 5 nitrogen and oxygen atoms in total. The summed E-state index contributed by atoms with van der Waals surface area (Å²) < 4.78 is 4.71. The molecule has 0 fully saturated rings. The summed E-state index contributed by atoms with van der Waals surface area (Å²) in [7, 11) is 5.28. The van der Waals surface area contributed by atoms with Gasteiger partial charge in [-0.25, -0.2) is 0 Å². The molecule has 0 aromatic rings. The van der Waals surface area contributed by atoms with Crippen LogP contribution in [0.1, 0.15) is 0 Å². The van der Waals surface area contributed by atoms with Crippen molar-refractivity contribution in [3.8, 4) is 0 Å². The molecular formula is C8H20N2O3. The number of ether oxygens (including phenoxy) is 1. The Labute approximate surface area is 79.3 Å². The number of methoxy groups -OCH3 is 1. The highest BCUT2D eigenvalue weighted by Gasteiger charge is 2.08. The second kappa shape index (κ2) is 7.23. The minimum absolute atomic E-state index is 0.231. The quantitative estimate of drug-likeness (QED) is 0.427. The third kappa shape index (κ3) is 8.14. The van der Waals surface area contributed by atoms with Crippen LogP contribution in [0.25, 0.3) is 0 Å². The van der Waals surface area contributed by atoms with Crippen LogP contribution in [-0.4, -0.2) is 68.3 Å². The van der Waals surface area contributed by atoms with Gasteiger partial charge < -0.3 is 19.8 Å². The van der Waals surface area contributed by atoms with Gasteiger partial charge in [-0.05, 0) is 14.1 Å². The number of rotatable bonds is 7. The monoisotopic (exact) mass is 192 g/mol. The maximum Gasteiger partial charge on any atom is 0.128 e. The Kier molecular flexibility index (Phi) is 7.12. The van der Waals surface area contributed by atoms with Crippen molar-refractivity contribution in [2.75, 3.05) is 40.9 Å². The maximum atomic E-state index is 9.38. The summed E-state index contributed by atoms with van der Waals surface area (Å²) in [5, 5.41) is 21.3. The average molecular weight is 192 g/mol. The van der Waals surface area contributed by atoms with E-state index in [1.807, 2.05) is 19.0 Å². The van der Waals surface area contributed by atoms with Gasteiger partial charge >= 0.3 is 0 Å². The molecule has 0 aliphatic heterocycles. The lowest BCUT2D eigenvalue weighted by Gasteiger charge is -2.18. The van der Waals surface area contributed by atoms with E-state index in [1.165, 1.54) is 7.11 Å². The molecule has 0 bridgehead atoms. The normalized spacial score (nSPS) is 16.2. The summed E-state index contributed by atoms with van der Waals surface area (Å²) in [5.41, 5.74) is 0. The van der Waals surface area contributed by atoms with E-state index in [-0.39, 0.29) is 6.61 Å². The molecule has 0 heterocycles. The predicted molar refractivity (Wildman–Crippen MR) is 50.4 cm³/mol. The molecule has 13 heavy (non-hydrogen) atoms. The number of hydrogen-bond donors (Lipinski definition) is 3. The van der Waals surface area contributed by atoms with Crippen LogP contribution in [0.5, 0.6) is 0 Å². The molecule has 5 heteroatoms. The van der Waals surface area contributed by atoms with Crippen molar-refractivity contribution < 1.29 is 14.9 Å². The second-order valence-electron chi connectivity index (χ2n) is 3.30. The third-order valence-electron chi connectivity index (χ3n) is 1.49. The topological polar surface area (TPSA) is 65.0 Å². The summed E-state index contributed by atoms with van der Waals surface area (Å²) in [5.74, 6) is 0. The fourth-order valence-electron chi connectivity index (χ4n) is 0.975. The van der Waals surface area contributed by atoms with Crippen LogP contribution in [0.4, 0.5) is 0 Å². The summed E-state index contributed by atoms with van der Waals surface area (Å²) in [6.45, 7) is 1.17. The molecule has 80 valence electrons. The predicted octanol–water partition coefficient (Wildman–Crippen LogP) is -1.54. The van der Waals surface area contributed by atoms with Gasteiger partial charge in [-0.15, -0.1) is 0 Å². The lowest BCUT2D eigenvalue weighted by molar-refractivity contribution is 0.0295. The van der Waals surface area contributed by atoms with E-state index in [0.717, 1.165) is 0 Å². The Balaban J connectivity index is 3.40. The minimum atomic E-state index is -0.707. The van der Waals surface area contributed by atoms with Gasteiger partial charge in [0.15, 0.2) is 0 Å². The first-order chi connectivity index (χ1) is 6.06. The second-order valence-corrected chi connectivity index (χ2v) is 3.30. The molecule has 0 saturated carbocycles. The van der Waals surface area contributed by atoms with Crippen LogP contribution in [0, 0.1) is 0 Å².